The van der Waals surface area contributed by atoms with Crippen LogP contribution < -0.4 is 0 Å². The van der Waals surface area contributed by atoms with Crippen molar-refractivity contribution in [2.45, 2.75) is 64.6 Å². The van der Waals surface area contributed by atoms with Crippen LogP contribution in [0.2, 0.25) is 0 Å². The highest BCUT2D eigenvalue weighted by Gasteiger charge is 2.29. The van der Waals surface area contributed by atoms with Crippen molar-refractivity contribution in [3.63, 3.8) is 0 Å². The highest BCUT2D eigenvalue weighted by Crippen LogP contribution is 2.19. The van der Waals surface area contributed by atoms with Crippen molar-refractivity contribution in [2.24, 2.45) is 0 Å². The van der Waals surface area contributed by atoms with Crippen LogP contribution >= 0.6 is 0 Å². The van der Waals surface area contributed by atoms with E-state index in [0.29, 0.717) is 12.1 Å². The molecular weight excluding hydrogens is 212 g/mol. The Hall–Kier alpha value is -0.120. The molecule has 1 heterocycles. The fraction of sp³-hybridized carbons (Fsp3) is 1.00. The molecule has 0 aromatic carbocycles. The van der Waals surface area contributed by atoms with Crippen LogP contribution in [-0.2, 0) is 0 Å². The van der Waals surface area contributed by atoms with E-state index in [0.717, 1.165) is 32.4 Å². The van der Waals surface area contributed by atoms with Crippen molar-refractivity contribution in [3.8, 4) is 0 Å². The molecule has 3 atom stereocenters. The summed E-state index contributed by atoms with van der Waals surface area (Å²) in [6, 6.07) is 0.899. The van der Waals surface area contributed by atoms with E-state index in [1.165, 1.54) is 13.0 Å². The predicted molar refractivity (Wildman–Crippen MR) is 73.3 cm³/mol. The first kappa shape index (κ1) is 14.9. The quantitative estimate of drug-likeness (QED) is 0.798. The molecule has 3 unspecified atom stereocenters. The molecule has 1 N–H and O–H groups in total. The summed E-state index contributed by atoms with van der Waals surface area (Å²) >= 11 is 0. The Morgan fingerprint density at radius 1 is 1.29 bits per heavy atom. The molecule has 0 bridgehead atoms. The number of likely N-dealkylation sites (N-methyl/N-ethyl adjacent to an activating group) is 1. The van der Waals surface area contributed by atoms with E-state index < -0.39 is 0 Å². The fourth-order valence-electron chi connectivity index (χ4n) is 3.10. The molecule has 0 aromatic heterocycles. The molecule has 0 saturated carbocycles. The Balaban J connectivity index is 2.65. The minimum Gasteiger partial charge on any atom is -0.391 e. The van der Waals surface area contributed by atoms with E-state index in [2.05, 4.69) is 37.6 Å². The molecule has 0 spiro atoms. The third kappa shape index (κ3) is 4.23. The fourth-order valence-corrected chi connectivity index (χ4v) is 3.10. The molecule has 1 aliphatic rings. The first-order valence-electron chi connectivity index (χ1n) is 7.22. The van der Waals surface area contributed by atoms with Gasteiger partial charge < -0.3 is 10.0 Å². The highest BCUT2D eigenvalue weighted by atomic mass is 16.3. The molecule has 0 amide bonds. The normalized spacial score (nSPS) is 27.7. The van der Waals surface area contributed by atoms with E-state index in [1.807, 2.05) is 0 Å². The van der Waals surface area contributed by atoms with Crippen LogP contribution in [0.4, 0.5) is 0 Å². The third-order valence-electron chi connectivity index (χ3n) is 3.97. The lowest BCUT2D eigenvalue weighted by Crippen LogP contribution is -2.49. The van der Waals surface area contributed by atoms with Crippen molar-refractivity contribution in [1.82, 2.24) is 9.80 Å². The molecular formula is C14H30N2O. The molecule has 17 heavy (non-hydrogen) atoms. The Labute approximate surface area is 107 Å². The summed E-state index contributed by atoms with van der Waals surface area (Å²) in [5.74, 6) is 0. The van der Waals surface area contributed by atoms with Gasteiger partial charge in [-0.05, 0) is 39.8 Å². The Kier molecular flexibility index (Phi) is 6.45. The summed E-state index contributed by atoms with van der Waals surface area (Å²) in [7, 11) is 2.20. The largest absolute Gasteiger partial charge is 0.391 e. The van der Waals surface area contributed by atoms with E-state index in [9.17, 15) is 5.11 Å². The van der Waals surface area contributed by atoms with Gasteiger partial charge in [-0.2, -0.15) is 0 Å². The molecule has 1 rings (SSSR count). The highest BCUT2D eigenvalue weighted by molar-refractivity contribution is 4.84. The van der Waals surface area contributed by atoms with Crippen LogP contribution in [0.5, 0.6) is 0 Å². The molecule has 102 valence electrons. The van der Waals surface area contributed by atoms with Crippen LogP contribution in [0.3, 0.4) is 0 Å². The smallest absolute Gasteiger partial charge is 0.0695 e. The van der Waals surface area contributed by atoms with Gasteiger partial charge in [0, 0.05) is 25.2 Å². The lowest BCUT2D eigenvalue weighted by molar-refractivity contribution is 0.0220. The number of hydrogen-bond donors (Lipinski definition) is 1. The Morgan fingerprint density at radius 2 is 2.00 bits per heavy atom. The average Bonchev–Trinajstić information content (AvgIpc) is 2.42. The number of nitrogens with zero attached hydrogens (tertiary/aromatic N) is 2. The summed E-state index contributed by atoms with van der Waals surface area (Å²) in [6.07, 6.45) is 4.11. The number of rotatable bonds is 5. The Bertz CT molecular complexity index is 210. The first-order valence-corrected chi connectivity index (χ1v) is 7.22. The molecule has 1 saturated heterocycles. The van der Waals surface area contributed by atoms with Crippen LogP contribution in [-0.4, -0.2) is 59.8 Å². The van der Waals surface area contributed by atoms with Gasteiger partial charge in [-0.3, -0.25) is 4.90 Å². The van der Waals surface area contributed by atoms with Crippen LogP contribution in [0.1, 0.15) is 46.5 Å². The molecule has 0 radical (unpaired) electrons. The zero-order valence-corrected chi connectivity index (χ0v) is 12.0. The van der Waals surface area contributed by atoms with Gasteiger partial charge in [-0.15, -0.1) is 0 Å². The molecule has 3 nitrogen and oxygen atoms in total. The number of aliphatic hydroxyl groups excluding tert-OH is 1. The second-order valence-corrected chi connectivity index (χ2v) is 5.53. The topological polar surface area (TPSA) is 26.7 Å². The summed E-state index contributed by atoms with van der Waals surface area (Å²) in [5.41, 5.74) is 0. The van der Waals surface area contributed by atoms with Gasteiger partial charge in [0.05, 0.1) is 6.10 Å². The zero-order chi connectivity index (χ0) is 12.8. The molecule has 1 fully saturated rings. The van der Waals surface area contributed by atoms with Gasteiger partial charge in [-0.25, -0.2) is 0 Å². The van der Waals surface area contributed by atoms with Gasteiger partial charge >= 0.3 is 0 Å². The second-order valence-electron chi connectivity index (χ2n) is 5.53. The van der Waals surface area contributed by atoms with Crippen molar-refractivity contribution in [3.05, 3.63) is 0 Å². The Morgan fingerprint density at radius 3 is 2.59 bits per heavy atom. The minimum absolute atomic E-state index is 0.157. The molecule has 0 aromatic rings. The predicted octanol–water partition coefficient (Wildman–Crippen LogP) is 1.95. The van der Waals surface area contributed by atoms with Gasteiger partial charge in [0.1, 0.15) is 0 Å². The summed E-state index contributed by atoms with van der Waals surface area (Å²) in [6.45, 7) is 10.1. The maximum Gasteiger partial charge on any atom is 0.0695 e. The number of hydrogen-bond acceptors (Lipinski definition) is 3. The third-order valence-corrected chi connectivity index (χ3v) is 3.97. The van der Waals surface area contributed by atoms with Crippen molar-refractivity contribution in [1.29, 1.82) is 0 Å². The monoisotopic (exact) mass is 242 g/mol. The van der Waals surface area contributed by atoms with Crippen LogP contribution in [0, 0.1) is 0 Å². The molecule has 3 heteroatoms. The molecule has 0 aliphatic carbocycles. The van der Waals surface area contributed by atoms with Crippen LogP contribution in [0.15, 0.2) is 0 Å². The van der Waals surface area contributed by atoms with Crippen LogP contribution in [0.25, 0.3) is 0 Å². The minimum atomic E-state index is -0.157. The zero-order valence-electron chi connectivity index (χ0n) is 12.0. The van der Waals surface area contributed by atoms with Gasteiger partial charge in [0.15, 0.2) is 0 Å². The van der Waals surface area contributed by atoms with E-state index in [1.54, 1.807) is 0 Å². The van der Waals surface area contributed by atoms with E-state index >= 15 is 0 Å². The van der Waals surface area contributed by atoms with Crippen molar-refractivity contribution >= 4 is 0 Å². The SMILES string of the molecule is CCCC(O)C(CC)N1CCCN(C)CC1C. The van der Waals surface area contributed by atoms with Crippen molar-refractivity contribution < 1.29 is 5.11 Å². The average molecular weight is 242 g/mol. The summed E-state index contributed by atoms with van der Waals surface area (Å²) < 4.78 is 0. The first-order chi connectivity index (χ1) is 8.10. The van der Waals surface area contributed by atoms with Gasteiger partial charge in [0.25, 0.3) is 0 Å². The lowest BCUT2D eigenvalue weighted by Gasteiger charge is -2.37. The molecule has 1 aliphatic heterocycles. The lowest BCUT2D eigenvalue weighted by atomic mass is 10.0. The summed E-state index contributed by atoms with van der Waals surface area (Å²) in [4.78, 5) is 4.94. The standard InChI is InChI=1S/C14H30N2O/c1-5-8-14(17)13(6-2)16-10-7-9-15(4)11-12(16)3/h12-14,17H,5-11H2,1-4H3. The van der Waals surface area contributed by atoms with Gasteiger partial charge in [0.2, 0.25) is 0 Å². The maximum absolute atomic E-state index is 10.3. The van der Waals surface area contributed by atoms with Gasteiger partial charge in [-0.1, -0.05) is 20.3 Å². The van der Waals surface area contributed by atoms with Crippen molar-refractivity contribution in [2.75, 3.05) is 26.7 Å². The number of aliphatic hydroxyl groups is 1. The summed E-state index contributed by atoms with van der Waals surface area (Å²) in [5, 5.41) is 10.3. The maximum atomic E-state index is 10.3. The second kappa shape index (κ2) is 7.34. The van der Waals surface area contributed by atoms with E-state index in [-0.39, 0.29) is 6.10 Å². The van der Waals surface area contributed by atoms with E-state index in [4.69, 9.17) is 0 Å².